The maximum absolute atomic E-state index is 12.6. The molecule has 1 spiro atoms. The second kappa shape index (κ2) is 9.67. The number of ether oxygens (including phenoxy) is 1. The third kappa shape index (κ3) is 6.75. The highest BCUT2D eigenvalue weighted by Crippen LogP contribution is 2.41. The van der Waals surface area contributed by atoms with Gasteiger partial charge in [-0.15, -0.1) is 0 Å². The first-order valence-corrected chi connectivity index (χ1v) is 10.1. The van der Waals surface area contributed by atoms with Crippen molar-refractivity contribution in [1.82, 2.24) is 9.80 Å². The van der Waals surface area contributed by atoms with Crippen LogP contribution in [0.5, 0.6) is 0 Å². The van der Waals surface area contributed by atoms with Crippen molar-refractivity contribution < 1.29 is 35.9 Å². The highest BCUT2D eigenvalue weighted by molar-refractivity contribution is 5.68. The van der Waals surface area contributed by atoms with Gasteiger partial charge in [-0.2, -0.15) is 26.3 Å². The van der Waals surface area contributed by atoms with E-state index in [1.165, 1.54) is 0 Å². The Morgan fingerprint density at radius 3 is 2.13 bits per heavy atom. The number of piperidine rings is 1. The van der Waals surface area contributed by atoms with Gasteiger partial charge in [0, 0.05) is 26.2 Å². The van der Waals surface area contributed by atoms with Gasteiger partial charge in [0.25, 0.3) is 6.10 Å². The van der Waals surface area contributed by atoms with Gasteiger partial charge < -0.3 is 9.64 Å². The summed E-state index contributed by atoms with van der Waals surface area (Å²) in [5.41, 5.74) is 1.92. The van der Waals surface area contributed by atoms with Crippen molar-refractivity contribution in [1.29, 1.82) is 0 Å². The van der Waals surface area contributed by atoms with Crippen LogP contribution in [0.1, 0.15) is 32.6 Å². The molecule has 2 rings (SSSR count). The molecule has 0 aliphatic carbocycles. The molecular weight excluding hydrogens is 426 g/mol. The summed E-state index contributed by atoms with van der Waals surface area (Å²) in [5, 5.41) is 0. The van der Waals surface area contributed by atoms with E-state index in [-0.39, 0.29) is 18.5 Å². The van der Waals surface area contributed by atoms with Crippen LogP contribution in [0, 0.1) is 5.41 Å². The number of nitrogens with zero attached hydrogens (tertiary/aromatic N) is 2. The maximum atomic E-state index is 12.6. The third-order valence-electron chi connectivity index (χ3n) is 5.92. The van der Waals surface area contributed by atoms with Gasteiger partial charge in [-0.3, -0.25) is 4.90 Å². The third-order valence-corrected chi connectivity index (χ3v) is 5.92. The van der Waals surface area contributed by atoms with Crippen molar-refractivity contribution >= 4 is 6.09 Å². The van der Waals surface area contributed by atoms with E-state index in [2.05, 4.69) is 22.8 Å². The van der Waals surface area contributed by atoms with E-state index in [9.17, 15) is 31.1 Å². The number of likely N-dealkylation sites (tertiary alicyclic amines) is 2. The molecule has 0 radical (unpaired) electrons. The van der Waals surface area contributed by atoms with Gasteiger partial charge in [-0.05, 0) is 43.2 Å². The summed E-state index contributed by atoms with van der Waals surface area (Å²) in [7, 11) is 0. The molecule has 0 aromatic rings. The number of hydrogen-bond acceptors (Lipinski definition) is 3. The molecule has 2 heterocycles. The lowest BCUT2D eigenvalue weighted by atomic mass is 9.78. The molecule has 0 aromatic heterocycles. The Hall–Kier alpha value is -1.97. The first-order valence-electron chi connectivity index (χ1n) is 10.1. The molecule has 0 bridgehead atoms. The number of allylic oxidation sites excluding steroid dienone is 2. The van der Waals surface area contributed by atoms with Crippen LogP contribution in [0.15, 0.2) is 36.5 Å². The summed E-state index contributed by atoms with van der Waals surface area (Å²) in [6.07, 6.45) is -10.7. The van der Waals surface area contributed by atoms with E-state index in [1.807, 2.05) is 13.0 Å². The predicted molar refractivity (Wildman–Crippen MR) is 104 cm³/mol. The summed E-state index contributed by atoms with van der Waals surface area (Å²) in [6.45, 7) is 12.2. The number of carbonyl (C=O) groups excluding carboxylic acids is 1. The minimum atomic E-state index is -5.71. The molecule has 4 nitrogen and oxygen atoms in total. The fourth-order valence-corrected chi connectivity index (χ4v) is 4.02. The summed E-state index contributed by atoms with van der Waals surface area (Å²) in [5.74, 6) is 0. The van der Waals surface area contributed by atoms with E-state index >= 15 is 0 Å². The van der Waals surface area contributed by atoms with Crippen LogP contribution >= 0.6 is 0 Å². The minimum absolute atomic E-state index is 0.0614. The first-order chi connectivity index (χ1) is 14.3. The van der Waals surface area contributed by atoms with Gasteiger partial charge in [0.05, 0.1) is 0 Å². The Kier molecular flexibility index (Phi) is 7.89. The average molecular weight is 454 g/mol. The quantitative estimate of drug-likeness (QED) is 0.394. The average Bonchev–Trinajstić information content (AvgIpc) is 3.05. The van der Waals surface area contributed by atoms with Crippen molar-refractivity contribution in [2.24, 2.45) is 5.41 Å². The van der Waals surface area contributed by atoms with Crippen LogP contribution < -0.4 is 0 Å². The molecule has 2 aliphatic heterocycles. The Balaban J connectivity index is 1.92. The smallest absolute Gasteiger partial charge is 0.426 e. The number of rotatable bonds is 6. The molecule has 0 saturated carbocycles. The van der Waals surface area contributed by atoms with E-state index in [0.717, 1.165) is 42.0 Å². The van der Waals surface area contributed by atoms with E-state index in [1.54, 1.807) is 6.08 Å². The summed E-state index contributed by atoms with van der Waals surface area (Å²) >= 11 is 0. The monoisotopic (exact) mass is 454 g/mol. The van der Waals surface area contributed by atoms with Crippen molar-refractivity contribution in [3.8, 4) is 0 Å². The van der Waals surface area contributed by atoms with Crippen LogP contribution in [0.4, 0.5) is 31.1 Å². The number of hydrogen-bond donors (Lipinski definition) is 0. The fourth-order valence-electron chi connectivity index (χ4n) is 4.02. The second-order valence-electron chi connectivity index (χ2n) is 8.23. The lowest BCUT2D eigenvalue weighted by Crippen LogP contribution is -2.50. The van der Waals surface area contributed by atoms with Crippen molar-refractivity contribution in [2.45, 2.75) is 51.1 Å². The van der Waals surface area contributed by atoms with E-state index in [4.69, 9.17) is 0 Å². The number of halogens is 6. The molecule has 0 unspecified atom stereocenters. The van der Waals surface area contributed by atoms with E-state index < -0.39 is 24.5 Å². The van der Waals surface area contributed by atoms with Crippen LogP contribution in [-0.2, 0) is 4.74 Å². The zero-order valence-corrected chi connectivity index (χ0v) is 17.5. The maximum Gasteiger partial charge on any atom is 0.434 e. The molecule has 2 saturated heterocycles. The standard InChI is InChI=1S/C21H28F6N2O2/c1-4-15(3)12-16(5-2)13-28-9-6-19(14-28)7-10-29(11-8-19)18(30)31-17(20(22,23)24)21(25,26)27/h5,12,17H,2-4,6-11,13-14H2,1H3/b16-12+. The van der Waals surface area contributed by atoms with E-state index in [0.29, 0.717) is 19.4 Å². The molecular formula is C21H28F6N2O2. The number of carbonyl (C=O) groups is 1. The Morgan fingerprint density at radius 1 is 1.10 bits per heavy atom. The van der Waals surface area contributed by atoms with Gasteiger partial charge >= 0.3 is 18.4 Å². The molecule has 0 atom stereocenters. The lowest BCUT2D eigenvalue weighted by molar-refractivity contribution is -0.308. The Bertz CT molecular complexity index is 692. The van der Waals surface area contributed by atoms with Crippen LogP contribution in [-0.4, -0.2) is 67.1 Å². The molecule has 10 heteroatoms. The predicted octanol–water partition coefficient (Wildman–Crippen LogP) is 5.48. The van der Waals surface area contributed by atoms with Crippen LogP contribution in [0.2, 0.25) is 0 Å². The topological polar surface area (TPSA) is 32.8 Å². The molecule has 31 heavy (non-hydrogen) atoms. The van der Waals surface area contributed by atoms with Gasteiger partial charge in [0.1, 0.15) is 0 Å². The van der Waals surface area contributed by atoms with Crippen molar-refractivity contribution in [3.63, 3.8) is 0 Å². The zero-order valence-electron chi connectivity index (χ0n) is 17.5. The van der Waals surface area contributed by atoms with Crippen LogP contribution in [0.3, 0.4) is 0 Å². The lowest BCUT2D eigenvalue weighted by Gasteiger charge is -2.39. The van der Waals surface area contributed by atoms with Gasteiger partial charge in [0.2, 0.25) is 0 Å². The Labute approximate surface area is 178 Å². The van der Waals surface area contributed by atoms with Gasteiger partial charge in [-0.25, -0.2) is 4.79 Å². The normalized spacial score (nSPS) is 20.4. The van der Waals surface area contributed by atoms with Crippen LogP contribution in [0.25, 0.3) is 0 Å². The minimum Gasteiger partial charge on any atom is -0.426 e. The van der Waals surface area contributed by atoms with Gasteiger partial charge in [0.15, 0.2) is 0 Å². The summed E-state index contributed by atoms with van der Waals surface area (Å²) < 4.78 is 79.6. The largest absolute Gasteiger partial charge is 0.434 e. The molecule has 2 aliphatic rings. The summed E-state index contributed by atoms with van der Waals surface area (Å²) in [4.78, 5) is 15.1. The number of amides is 1. The van der Waals surface area contributed by atoms with Gasteiger partial charge in [-0.1, -0.05) is 37.8 Å². The Morgan fingerprint density at radius 2 is 1.65 bits per heavy atom. The molecule has 0 N–H and O–H groups in total. The zero-order chi connectivity index (χ0) is 23.4. The summed E-state index contributed by atoms with van der Waals surface area (Å²) in [6, 6.07) is 0. The highest BCUT2D eigenvalue weighted by atomic mass is 19.4. The van der Waals surface area contributed by atoms with Crippen molar-refractivity contribution in [3.05, 3.63) is 36.5 Å². The SMILES string of the molecule is C=C/C(=C\C(=C)CC)CN1CCC2(CCN(C(=O)OC(C(F)(F)F)C(F)(F)F)CC2)C1. The number of alkyl halides is 6. The molecule has 1 amide bonds. The first kappa shape index (κ1) is 25.3. The molecule has 2 fully saturated rings. The molecule has 176 valence electrons. The highest BCUT2D eigenvalue weighted by Gasteiger charge is 2.60. The fraction of sp³-hybridized carbons (Fsp3) is 0.667. The second-order valence-corrected chi connectivity index (χ2v) is 8.23. The van der Waals surface area contributed by atoms with Crippen molar-refractivity contribution in [2.75, 3.05) is 32.7 Å². The molecule has 0 aromatic carbocycles.